The highest BCUT2D eigenvalue weighted by atomic mass is 16.5. The largest absolute Gasteiger partial charge is 0.470 e. The van der Waals surface area contributed by atoms with E-state index in [0.29, 0.717) is 37.4 Å². The monoisotopic (exact) mass is 434 g/mol. The maximum absolute atomic E-state index is 12.8. The highest BCUT2D eigenvalue weighted by molar-refractivity contribution is 5.88. The van der Waals surface area contributed by atoms with Gasteiger partial charge in [-0.25, -0.2) is 4.98 Å². The van der Waals surface area contributed by atoms with E-state index in [1.54, 1.807) is 23.2 Å². The molecule has 9 nitrogen and oxygen atoms in total. The number of aromatic nitrogens is 2. The van der Waals surface area contributed by atoms with Crippen LogP contribution in [-0.4, -0.2) is 51.4 Å². The van der Waals surface area contributed by atoms with E-state index in [9.17, 15) is 14.9 Å². The number of nitrogens with zero attached hydrogens (tertiary/aromatic N) is 3. The van der Waals surface area contributed by atoms with Crippen LogP contribution in [0.2, 0.25) is 0 Å². The Kier molecular flexibility index (Phi) is 6.23. The van der Waals surface area contributed by atoms with E-state index in [2.05, 4.69) is 27.4 Å². The standard InChI is InChI=1S/C23H26N6O3/c1-14(30)28-16-4-7-22(27-13-16)32-18-5-6-21-19(10-18)15(12-26-21)9-20(25)23(31)29-8-2-3-17(29)11-24/h4,6-7,10,12-13,17-18,20,26H,2-3,5,8-9,25H2,1H3,(H,28,30)/t17-,18?,20-/m0/s1. The molecular formula is C23H26N6O3. The topological polar surface area (TPSA) is 137 Å². The van der Waals surface area contributed by atoms with Gasteiger partial charge in [-0.1, -0.05) is 6.08 Å². The van der Waals surface area contributed by atoms with Crippen LogP contribution in [0.1, 0.15) is 31.7 Å². The van der Waals surface area contributed by atoms with Crippen LogP contribution in [-0.2, 0) is 16.0 Å². The Morgan fingerprint density at radius 3 is 3.03 bits per heavy atom. The summed E-state index contributed by atoms with van der Waals surface area (Å²) in [6, 6.07) is 4.55. The van der Waals surface area contributed by atoms with Crippen molar-refractivity contribution in [1.29, 1.82) is 5.26 Å². The van der Waals surface area contributed by atoms with Crippen molar-refractivity contribution < 1.29 is 14.3 Å². The minimum absolute atomic E-state index is 0.159. The van der Waals surface area contributed by atoms with Crippen molar-refractivity contribution in [1.82, 2.24) is 14.9 Å². The highest BCUT2D eigenvalue weighted by Gasteiger charge is 2.31. The summed E-state index contributed by atoms with van der Waals surface area (Å²) >= 11 is 0. The lowest BCUT2D eigenvalue weighted by atomic mass is 10.0. The van der Waals surface area contributed by atoms with Crippen LogP contribution >= 0.6 is 0 Å². The number of hydrogen-bond acceptors (Lipinski definition) is 6. The molecule has 0 aromatic carbocycles. The molecule has 0 radical (unpaired) electrons. The molecule has 3 atom stereocenters. The summed E-state index contributed by atoms with van der Waals surface area (Å²) in [6.45, 7) is 2.02. The molecule has 2 aromatic heterocycles. The fourth-order valence-electron chi connectivity index (χ4n) is 4.18. The van der Waals surface area contributed by atoms with Crippen LogP contribution in [0.15, 0.2) is 24.5 Å². The lowest BCUT2D eigenvalue weighted by Gasteiger charge is -2.23. The van der Waals surface area contributed by atoms with Crippen molar-refractivity contribution in [2.75, 3.05) is 11.9 Å². The Hall–Kier alpha value is -3.64. The minimum Gasteiger partial charge on any atom is -0.470 e. The smallest absolute Gasteiger partial charge is 0.240 e. The summed E-state index contributed by atoms with van der Waals surface area (Å²) in [5, 5.41) is 13.9. The Morgan fingerprint density at radius 1 is 1.47 bits per heavy atom. The van der Waals surface area contributed by atoms with Gasteiger partial charge < -0.3 is 25.7 Å². The van der Waals surface area contributed by atoms with Gasteiger partial charge in [-0.2, -0.15) is 5.26 Å². The van der Waals surface area contributed by atoms with Crippen molar-refractivity contribution in [3.05, 3.63) is 40.7 Å². The van der Waals surface area contributed by atoms with Gasteiger partial charge in [0.05, 0.1) is 24.0 Å². The first-order chi connectivity index (χ1) is 15.4. The van der Waals surface area contributed by atoms with E-state index < -0.39 is 6.04 Å². The van der Waals surface area contributed by atoms with Crippen LogP contribution in [0.25, 0.3) is 12.2 Å². The van der Waals surface area contributed by atoms with Gasteiger partial charge in [0.15, 0.2) is 0 Å². The second-order valence-corrected chi connectivity index (χ2v) is 8.10. The van der Waals surface area contributed by atoms with Crippen LogP contribution in [0.5, 0.6) is 5.88 Å². The van der Waals surface area contributed by atoms with Gasteiger partial charge >= 0.3 is 0 Å². The normalized spacial score (nSPS) is 20.3. The number of rotatable bonds is 6. The van der Waals surface area contributed by atoms with Gasteiger partial charge in [0, 0.05) is 42.7 Å². The first-order valence-corrected chi connectivity index (χ1v) is 10.7. The van der Waals surface area contributed by atoms with Crippen molar-refractivity contribution >= 4 is 29.7 Å². The summed E-state index contributed by atoms with van der Waals surface area (Å²) in [5.41, 5.74) is 7.78. The van der Waals surface area contributed by atoms with Gasteiger partial charge in [-0.3, -0.25) is 9.59 Å². The predicted molar refractivity (Wildman–Crippen MR) is 119 cm³/mol. The van der Waals surface area contributed by atoms with Gasteiger partial charge in [0.1, 0.15) is 12.1 Å². The maximum atomic E-state index is 12.8. The summed E-state index contributed by atoms with van der Waals surface area (Å²) < 4.78 is 5.99. The van der Waals surface area contributed by atoms with Crippen molar-refractivity contribution in [3.63, 3.8) is 0 Å². The zero-order chi connectivity index (χ0) is 22.7. The SMILES string of the molecule is CC(=O)Nc1ccc(OC2C=c3c(C[C@H](N)C(=O)N4CCC[C@H]4C#N)c[nH]c3=CC2)nc1. The van der Waals surface area contributed by atoms with E-state index in [4.69, 9.17) is 10.5 Å². The molecule has 9 heteroatoms. The molecule has 2 amide bonds. The number of likely N-dealkylation sites (tertiary alicyclic amines) is 1. The molecule has 2 aliphatic rings. The molecule has 2 aromatic rings. The molecule has 0 spiro atoms. The number of pyridine rings is 1. The second-order valence-electron chi connectivity index (χ2n) is 8.10. The van der Waals surface area contributed by atoms with Crippen LogP contribution in [0, 0.1) is 11.3 Å². The van der Waals surface area contributed by atoms with Crippen molar-refractivity contribution in [2.24, 2.45) is 5.73 Å². The number of aromatic amines is 1. The molecule has 1 aliphatic carbocycles. The zero-order valence-electron chi connectivity index (χ0n) is 17.9. The third-order valence-electron chi connectivity index (χ3n) is 5.72. The number of nitrogens with two attached hydrogens (primary N) is 1. The summed E-state index contributed by atoms with van der Waals surface area (Å²) in [5.74, 6) is 0.116. The van der Waals surface area contributed by atoms with Gasteiger partial charge in [-0.15, -0.1) is 0 Å². The summed E-state index contributed by atoms with van der Waals surface area (Å²) in [4.78, 5) is 33.0. The highest BCUT2D eigenvalue weighted by Crippen LogP contribution is 2.18. The third kappa shape index (κ3) is 4.65. The third-order valence-corrected chi connectivity index (χ3v) is 5.72. The fraction of sp³-hybridized carbons (Fsp3) is 0.391. The molecule has 32 heavy (non-hydrogen) atoms. The first kappa shape index (κ1) is 21.6. The van der Waals surface area contributed by atoms with E-state index in [1.807, 2.05) is 12.3 Å². The maximum Gasteiger partial charge on any atom is 0.240 e. The zero-order valence-corrected chi connectivity index (χ0v) is 17.9. The number of anilines is 1. The average Bonchev–Trinajstić information content (AvgIpc) is 3.41. The minimum atomic E-state index is -0.707. The van der Waals surface area contributed by atoms with Gasteiger partial charge in [0.2, 0.25) is 17.7 Å². The molecule has 1 aliphatic heterocycles. The Bertz CT molecular complexity index is 1160. The molecule has 1 fully saturated rings. The summed E-state index contributed by atoms with van der Waals surface area (Å²) in [7, 11) is 0. The van der Waals surface area contributed by atoms with Crippen LogP contribution in [0.3, 0.4) is 0 Å². The van der Waals surface area contributed by atoms with Crippen molar-refractivity contribution in [2.45, 2.75) is 50.8 Å². The number of amides is 2. The predicted octanol–water partition coefficient (Wildman–Crippen LogP) is 0.165. The quantitative estimate of drug-likeness (QED) is 0.593. The molecule has 0 bridgehead atoms. The fourth-order valence-corrected chi connectivity index (χ4v) is 4.18. The summed E-state index contributed by atoms with van der Waals surface area (Å²) in [6.07, 6.45) is 9.85. The van der Waals surface area contributed by atoms with E-state index in [-0.39, 0.29) is 24.0 Å². The average molecular weight is 435 g/mol. The van der Waals surface area contributed by atoms with Gasteiger partial charge in [0.25, 0.3) is 0 Å². The number of fused-ring (bicyclic) bond motifs is 1. The molecule has 4 rings (SSSR count). The number of hydrogen-bond donors (Lipinski definition) is 3. The molecule has 1 saturated heterocycles. The number of carbonyl (C=O) groups is 2. The number of ether oxygens (including phenoxy) is 1. The molecular weight excluding hydrogens is 408 g/mol. The van der Waals surface area contributed by atoms with Crippen LogP contribution < -0.4 is 26.4 Å². The molecule has 1 unspecified atom stereocenters. The van der Waals surface area contributed by atoms with E-state index >= 15 is 0 Å². The van der Waals surface area contributed by atoms with E-state index in [1.165, 1.54) is 6.92 Å². The number of H-pyrrole nitrogens is 1. The van der Waals surface area contributed by atoms with Gasteiger partial charge in [-0.05, 0) is 37.0 Å². The Balaban J connectivity index is 1.45. The molecule has 4 N–H and O–H groups in total. The molecule has 166 valence electrons. The second kappa shape index (κ2) is 9.24. The molecule has 3 heterocycles. The molecule has 0 saturated carbocycles. The number of carbonyl (C=O) groups excluding carboxylic acids is 2. The van der Waals surface area contributed by atoms with Crippen LogP contribution in [0.4, 0.5) is 5.69 Å². The number of nitriles is 1. The first-order valence-electron chi connectivity index (χ1n) is 10.7. The van der Waals surface area contributed by atoms with Crippen molar-refractivity contribution in [3.8, 4) is 11.9 Å². The van der Waals surface area contributed by atoms with E-state index in [0.717, 1.165) is 22.6 Å². The number of nitrogens with one attached hydrogen (secondary N) is 2. The Labute approximate surface area is 185 Å². The lowest BCUT2D eigenvalue weighted by molar-refractivity contribution is -0.132. The lowest BCUT2D eigenvalue weighted by Crippen LogP contribution is -2.47. The Morgan fingerprint density at radius 2 is 2.31 bits per heavy atom.